The minimum Gasteiger partial charge on any atom is -0.382 e. The summed E-state index contributed by atoms with van der Waals surface area (Å²) in [7, 11) is 0. The van der Waals surface area contributed by atoms with Crippen molar-refractivity contribution in [2.45, 2.75) is 6.92 Å². The first-order valence-corrected chi connectivity index (χ1v) is 6.07. The molecule has 0 atom stereocenters. The third-order valence-electron chi connectivity index (χ3n) is 3.10. The summed E-state index contributed by atoms with van der Waals surface area (Å²) in [6.45, 7) is 2.06. The molecule has 0 radical (unpaired) electrons. The number of nitrogens with zero attached hydrogens (tertiary/aromatic N) is 2. The van der Waals surface area contributed by atoms with Crippen LogP contribution in [0.3, 0.4) is 0 Å². The summed E-state index contributed by atoms with van der Waals surface area (Å²) in [5.74, 6) is 0.502. The van der Waals surface area contributed by atoms with Crippen LogP contribution < -0.4 is 5.73 Å². The number of aromatic amines is 1. The molecule has 4 heteroatoms. The van der Waals surface area contributed by atoms with E-state index in [4.69, 9.17) is 5.73 Å². The van der Waals surface area contributed by atoms with Gasteiger partial charge in [0.25, 0.3) is 0 Å². The predicted molar refractivity (Wildman–Crippen MR) is 76.4 cm³/mol. The Morgan fingerprint density at radius 2 is 1.63 bits per heavy atom. The number of nitrogen functional groups attached to an aromatic ring is 1. The van der Waals surface area contributed by atoms with Gasteiger partial charge in [0.05, 0.1) is 11.3 Å². The average molecular weight is 250 g/mol. The third kappa shape index (κ3) is 2.08. The van der Waals surface area contributed by atoms with E-state index in [1.54, 1.807) is 12.4 Å². The summed E-state index contributed by atoms with van der Waals surface area (Å²) in [4.78, 5) is 4.03. The second kappa shape index (κ2) is 4.57. The maximum absolute atomic E-state index is 5.98. The first kappa shape index (κ1) is 11.5. The standard InChI is InChI=1S/C15H14N4/c1-10-2-4-12(5-3-10)14-13(15(16)19-18-14)11-6-8-17-9-7-11/h2-9H,1H3,(H3,16,18,19). The molecule has 0 unspecified atom stereocenters. The Morgan fingerprint density at radius 1 is 0.947 bits per heavy atom. The zero-order valence-electron chi connectivity index (χ0n) is 10.6. The molecule has 2 heterocycles. The molecule has 0 aliphatic carbocycles. The molecule has 19 heavy (non-hydrogen) atoms. The minimum absolute atomic E-state index is 0.502. The highest BCUT2D eigenvalue weighted by atomic mass is 15.2. The number of aryl methyl sites for hydroxylation is 1. The molecule has 4 nitrogen and oxygen atoms in total. The third-order valence-corrected chi connectivity index (χ3v) is 3.10. The smallest absolute Gasteiger partial charge is 0.153 e. The van der Waals surface area contributed by atoms with E-state index in [-0.39, 0.29) is 0 Å². The first-order valence-electron chi connectivity index (χ1n) is 6.07. The molecule has 1 aromatic carbocycles. The van der Waals surface area contributed by atoms with Crippen molar-refractivity contribution in [1.82, 2.24) is 15.2 Å². The molecule has 0 aliphatic rings. The highest BCUT2D eigenvalue weighted by molar-refractivity contribution is 5.87. The van der Waals surface area contributed by atoms with Crippen LogP contribution in [-0.4, -0.2) is 15.2 Å². The van der Waals surface area contributed by atoms with Gasteiger partial charge in [-0.3, -0.25) is 10.1 Å². The van der Waals surface area contributed by atoms with Crippen molar-refractivity contribution in [3.05, 3.63) is 54.4 Å². The van der Waals surface area contributed by atoms with Gasteiger partial charge in [-0.15, -0.1) is 0 Å². The Bertz CT molecular complexity index is 684. The summed E-state index contributed by atoms with van der Waals surface area (Å²) < 4.78 is 0. The highest BCUT2D eigenvalue weighted by Gasteiger charge is 2.14. The normalized spacial score (nSPS) is 10.6. The van der Waals surface area contributed by atoms with Crippen LogP contribution in [0, 0.1) is 6.92 Å². The molecule has 3 N–H and O–H groups in total. The highest BCUT2D eigenvalue weighted by Crippen LogP contribution is 2.34. The zero-order valence-corrected chi connectivity index (χ0v) is 10.6. The fourth-order valence-corrected chi connectivity index (χ4v) is 2.10. The van der Waals surface area contributed by atoms with Crippen molar-refractivity contribution in [2.24, 2.45) is 0 Å². The summed E-state index contributed by atoms with van der Waals surface area (Å²) in [5, 5.41) is 7.14. The molecular formula is C15H14N4. The molecule has 0 saturated heterocycles. The van der Waals surface area contributed by atoms with Crippen molar-refractivity contribution < 1.29 is 0 Å². The van der Waals surface area contributed by atoms with Gasteiger partial charge in [0.1, 0.15) is 0 Å². The summed E-state index contributed by atoms with van der Waals surface area (Å²) in [5.41, 5.74) is 11.1. The molecule has 0 aliphatic heterocycles. The lowest BCUT2D eigenvalue weighted by atomic mass is 10.0. The number of pyridine rings is 1. The quantitative estimate of drug-likeness (QED) is 0.734. The number of H-pyrrole nitrogens is 1. The number of nitrogens with one attached hydrogen (secondary N) is 1. The van der Waals surface area contributed by atoms with E-state index in [0.29, 0.717) is 5.82 Å². The number of aromatic nitrogens is 3. The predicted octanol–water partition coefficient (Wildman–Crippen LogP) is 3.03. The largest absolute Gasteiger partial charge is 0.382 e. The topological polar surface area (TPSA) is 67.6 Å². The monoisotopic (exact) mass is 250 g/mol. The van der Waals surface area contributed by atoms with E-state index in [1.165, 1.54) is 5.56 Å². The Labute approximate surface area is 111 Å². The van der Waals surface area contributed by atoms with Gasteiger partial charge in [0.2, 0.25) is 0 Å². The van der Waals surface area contributed by atoms with Crippen LogP contribution in [0.25, 0.3) is 22.4 Å². The van der Waals surface area contributed by atoms with Crippen LogP contribution in [0.15, 0.2) is 48.8 Å². The van der Waals surface area contributed by atoms with Crippen molar-refractivity contribution in [3.8, 4) is 22.4 Å². The van der Waals surface area contributed by atoms with E-state index in [9.17, 15) is 0 Å². The van der Waals surface area contributed by atoms with E-state index < -0.39 is 0 Å². The van der Waals surface area contributed by atoms with E-state index in [2.05, 4.69) is 46.4 Å². The molecule has 0 bridgehead atoms. The van der Waals surface area contributed by atoms with E-state index in [0.717, 1.165) is 22.4 Å². The van der Waals surface area contributed by atoms with Crippen LogP contribution in [-0.2, 0) is 0 Å². The fraction of sp³-hybridized carbons (Fsp3) is 0.0667. The molecule has 3 aromatic rings. The Kier molecular flexibility index (Phi) is 2.76. The number of hydrogen-bond acceptors (Lipinski definition) is 3. The second-order valence-corrected chi connectivity index (χ2v) is 4.46. The Balaban J connectivity index is 2.16. The van der Waals surface area contributed by atoms with Crippen LogP contribution in [0.2, 0.25) is 0 Å². The van der Waals surface area contributed by atoms with Crippen LogP contribution in [0.1, 0.15) is 5.56 Å². The van der Waals surface area contributed by atoms with E-state index >= 15 is 0 Å². The fourth-order valence-electron chi connectivity index (χ4n) is 2.10. The SMILES string of the molecule is Cc1ccc(-c2[nH]nc(N)c2-c2ccncc2)cc1. The first-order chi connectivity index (χ1) is 9.25. The molecule has 0 spiro atoms. The number of nitrogens with two attached hydrogens (primary N) is 1. The maximum Gasteiger partial charge on any atom is 0.153 e. The van der Waals surface area contributed by atoms with Gasteiger partial charge >= 0.3 is 0 Å². The Morgan fingerprint density at radius 3 is 2.32 bits per heavy atom. The van der Waals surface area contributed by atoms with Gasteiger partial charge in [0, 0.05) is 18.0 Å². The zero-order chi connectivity index (χ0) is 13.2. The van der Waals surface area contributed by atoms with Gasteiger partial charge in [0.15, 0.2) is 5.82 Å². The molecule has 2 aromatic heterocycles. The van der Waals surface area contributed by atoms with Gasteiger partial charge in [-0.2, -0.15) is 5.10 Å². The van der Waals surface area contributed by atoms with Gasteiger partial charge in [-0.1, -0.05) is 29.8 Å². The minimum atomic E-state index is 0.502. The molecule has 0 fully saturated rings. The van der Waals surface area contributed by atoms with Crippen molar-refractivity contribution >= 4 is 5.82 Å². The molecule has 94 valence electrons. The summed E-state index contributed by atoms with van der Waals surface area (Å²) >= 11 is 0. The lowest BCUT2D eigenvalue weighted by molar-refractivity contribution is 1.10. The molecular weight excluding hydrogens is 236 g/mol. The molecule has 3 rings (SSSR count). The second-order valence-electron chi connectivity index (χ2n) is 4.46. The average Bonchev–Trinajstić information content (AvgIpc) is 2.82. The Hall–Kier alpha value is -2.62. The van der Waals surface area contributed by atoms with Crippen molar-refractivity contribution in [1.29, 1.82) is 0 Å². The van der Waals surface area contributed by atoms with Gasteiger partial charge in [-0.05, 0) is 24.6 Å². The van der Waals surface area contributed by atoms with Crippen molar-refractivity contribution in [3.63, 3.8) is 0 Å². The molecule has 0 amide bonds. The lowest BCUT2D eigenvalue weighted by Crippen LogP contribution is -1.89. The number of hydrogen-bond donors (Lipinski definition) is 2. The number of rotatable bonds is 2. The molecule has 0 saturated carbocycles. The summed E-state index contributed by atoms with van der Waals surface area (Å²) in [6.07, 6.45) is 3.50. The maximum atomic E-state index is 5.98. The number of anilines is 1. The number of benzene rings is 1. The summed E-state index contributed by atoms with van der Waals surface area (Å²) in [6, 6.07) is 12.1. The van der Waals surface area contributed by atoms with Crippen molar-refractivity contribution in [2.75, 3.05) is 5.73 Å². The van der Waals surface area contributed by atoms with E-state index in [1.807, 2.05) is 12.1 Å². The lowest BCUT2D eigenvalue weighted by Gasteiger charge is -2.04. The van der Waals surface area contributed by atoms with Crippen LogP contribution in [0.4, 0.5) is 5.82 Å². The van der Waals surface area contributed by atoms with Gasteiger partial charge < -0.3 is 5.73 Å². The van der Waals surface area contributed by atoms with Crippen LogP contribution in [0.5, 0.6) is 0 Å². The van der Waals surface area contributed by atoms with Gasteiger partial charge in [-0.25, -0.2) is 0 Å². The van der Waals surface area contributed by atoms with Crippen LogP contribution >= 0.6 is 0 Å².